The van der Waals surface area contributed by atoms with E-state index in [1.807, 2.05) is 20.0 Å². The molecule has 11 heteroatoms. The summed E-state index contributed by atoms with van der Waals surface area (Å²) in [7, 11) is 0. The number of aromatic nitrogens is 2. The highest BCUT2D eigenvalue weighted by Gasteiger charge is 2.63. The second kappa shape index (κ2) is 7.77. The lowest BCUT2D eigenvalue weighted by Crippen LogP contribution is -2.65. The topological polar surface area (TPSA) is 202 Å². The molecule has 188 valence electrons. The molecule has 4 atom stereocenters. The molecular formula is C25H26N4O7. The van der Waals surface area contributed by atoms with Crippen LogP contribution in [0.1, 0.15) is 37.4 Å². The molecule has 1 saturated carbocycles. The lowest BCUT2D eigenvalue weighted by molar-refractivity contribution is -0.149. The van der Waals surface area contributed by atoms with Crippen LogP contribution in [-0.4, -0.2) is 59.3 Å². The van der Waals surface area contributed by atoms with E-state index < -0.39 is 58.0 Å². The van der Waals surface area contributed by atoms with E-state index in [9.17, 15) is 34.8 Å². The van der Waals surface area contributed by atoms with Gasteiger partial charge in [0.15, 0.2) is 11.4 Å². The van der Waals surface area contributed by atoms with Gasteiger partial charge in [-0.3, -0.25) is 19.1 Å². The van der Waals surface area contributed by atoms with Gasteiger partial charge in [0.1, 0.15) is 22.8 Å². The minimum atomic E-state index is -2.72. The van der Waals surface area contributed by atoms with Crippen molar-refractivity contribution in [3.63, 3.8) is 0 Å². The molecule has 1 aromatic carbocycles. The first-order valence-corrected chi connectivity index (χ1v) is 11.5. The number of primary amides is 1. The molecule has 1 amide bonds. The highest BCUT2D eigenvalue weighted by atomic mass is 16.3. The minimum Gasteiger partial charge on any atom is -0.508 e. The zero-order valence-corrected chi connectivity index (χ0v) is 19.6. The Bertz CT molecular complexity index is 1420. The van der Waals surface area contributed by atoms with E-state index in [4.69, 9.17) is 11.5 Å². The number of phenolic OH excluding ortho intramolecular Hbond substituents is 1. The minimum absolute atomic E-state index is 0.0167. The average Bonchev–Trinajstić information content (AvgIpc) is 3.30. The van der Waals surface area contributed by atoms with Crippen LogP contribution in [0, 0.1) is 11.8 Å². The second-order valence-electron chi connectivity index (χ2n) is 9.84. The first-order valence-electron chi connectivity index (χ1n) is 11.5. The maximum absolute atomic E-state index is 13.6. The molecule has 36 heavy (non-hydrogen) atoms. The number of nitrogens with zero attached hydrogens (tertiary/aromatic N) is 2. The molecule has 0 aliphatic heterocycles. The van der Waals surface area contributed by atoms with Crippen molar-refractivity contribution in [3.8, 4) is 17.0 Å². The molecule has 3 aliphatic rings. The Morgan fingerprint density at radius 3 is 2.50 bits per heavy atom. The molecule has 1 heterocycles. The van der Waals surface area contributed by atoms with E-state index >= 15 is 0 Å². The first-order chi connectivity index (χ1) is 16.9. The third kappa shape index (κ3) is 2.99. The van der Waals surface area contributed by atoms with Gasteiger partial charge < -0.3 is 31.9 Å². The fourth-order valence-corrected chi connectivity index (χ4v) is 5.73. The quantitative estimate of drug-likeness (QED) is 0.334. The molecule has 3 aliphatic carbocycles. The predicted molar refractivity (Wildman–Crippen MR) is 126 cm³/mol. The molecule has 8 N–H and O–H groups in total. The van der Waals surface area contributed by atoms with Crippen molar-refractivity contribution in [3.05, 3.63) is 52.4 Å². The number of carbonyl (C=O) groups excluding carboxylic acids is 3. The fraction of sp³-hybridized carbons (Fsp3) is 0.360. The van der Waals surface area contributed by atoms with Crippen LogP contribution in [0.4, 0.5) is 0 Å². The molecule has 0 bridgehead atoms. The summed E-state index contributed by atoms with van der Waals surface area (Å²) in [5.41, 5.74) is 9.19. The molecular weight excluding hydrogens is 468 g/mol. The number of carbonyl (C=O) groups is 3. The molecule has 5 rings (SSSR count). The van der Waals surface area contributed by atoms with Crippen LogP contribution >= 0.6 is 0 Å². The smallest absolute Gasteiger partial charge is 0.255 e. The van der Waals surface area contributed by atoms with Crippen LogP contribution in [0.5, 0.6) is 5.75 Å². The number of amides is 1. The number of aliphatic hydroxyl groups is 3. The standard InChI is InChI=1S/C25H26N4O7/c1-9(2)29-6-5-14(28-29)11-3-4-15(30)17-12(11)7-10-8-13-19(26)21(32)18(24(27)35)23(34)25(13,36)22(33)16(10)20(17)31/h3-6,9-10,13,19,30-31,34,36H,7-8,26H2,1-2H3,(H2,27,35). The van der Waals surface area contributed by atoms with Crippen molar-refractivity contribution < 1.29 is 34.8 Å². The van der Waals surface area contributed by atoms with Gasteiger partial charge >= 0.3 is 0 Å². The number of phenols is 1. The van der Waals surface area contributed by atoms with Crippen LogP contribution in [0.25, 0.3) is 17.0 Å². The fourth-order valence-electron chi connectivity index (χ4n) is 5.73. The lowest BCUT2D eigenvalue weighted by atomic mass is 9.57. The number of fused-ring (bicyclic) bond motifs is 3. The Hall–Kier alpha value is -3.96. The van der Waals surface area contributed by atoms with Gasteiger partial charge in [-0.2, -0.15) is 5.10 Å². The number of aromatic hydroxyl groups is 1. The number of hydrogen-bond donors (Lipinski definition) is 6. The average molecular weight is 495 g/mol. The molecule has 4 unspecified atom stereocenters. The normalized spacial score (nSPS) is 27.8. The van der Waals surface area contributed by atoms with Gasteiger partial charge in [0, 0.05) is 29.3 Å². The summed E-state index contributed by atoms with van der Waals surface area (Å²) in [5, 5.41) is 48.5. The Morgan fingerprint density at radius 1 is 1.19 bits per heavy atom. The summed E-state index contributed by atoms with van der Waals surface area (Å²) >= 11 is 0. The van der Waals surface area contributed by atoms with Crippen LogP contribution in [0.3, 0.4) is 0 Å². The lowest BCUT2D eigenvalue weighted by Gasteiger charge is -2.48. The van der Waals surface area contributed by atoms with Crippen LogP contribution < -0.4 is 11.5 Å². The van der Waals surface area contributed by atoms with Gasteiger partial charge in [-0.05, 0) is 56.4 Å². The SMILES string of the molecule is CC(C)n1ccc(-c2ccc(O)c3c2CC2CC4C(N)C(=O)C(C(N)=O)=C(O)C4(O)C(=O)C2=C3O)n1. The van der Waals surface area contributed by atoms with Crippen molar-refractivity contribution in [2.75, 3.05) is 0 Å². The summed E-state index contributed by atoms with van der Waals surface area (Å²) < 4.78 is 1.76. The molecule has 11 nitrogen and oxygen atoms in total. The molecule has 1 fully saturated rings. The number of ketones is 2. The van der Waals surface area contributed by atoms with E-state index in [0.717, 1.165) is 0 Å². The maximum Gasteiger partial charge on any atom is 0.255 e. The van der Waals surface area contributed by atoms with Crippen molar-refractivity contribution >= 4 is 23.2 Å². The summed E-state index contributed by atoms with van der Waals surface area (Å²) in [4.78, 5) is 38.1. The van der Waals surface area contributed by atoms with E-state index in [0.29, 0.717) is 16.8 Å². The number of rotatable bonds is 3. The highest BCUT2D eigenvalue weighted by Crippen LogP contribution is 2.52. The van der Waals surface area contributed by atoms with Crippen LogP contribution in [0.2, 0.25) is 0 Å². The van der Waals surface area contributed by atoms with Gasteiger partial charge in [-0.1, -0.05) is 0 Å². The van der Waals surface area contributed by atoms with Gasteiger partial charge in [0.2, 0.25) is 5.78 Å². The van der Waals surface area contributed by atoms with Crippen LogP contribution in [-0.2, 0) is 20.8 Å². The van der Waals surface area contributed by atoms with Crippen molar-refractivity contribution in [1.29, 1.82) is 0 Å². The third-order valence-electron chi connectivity index (χ3n) is 7.55. The zero-order valence-electron chi connectivity index (χ0n) is 19.6. The zero-order chi connectivity index (χ0) is 26.3. The molecule has 0 radical (unpaired) electrons. The summed E-state index contributed by atoms with van der Waals surface area (Å²) in [5.74, 6) is -7.35. The van der Waals surface area contributed by atoms with E-state index in [2.05, 4.69) is 5.10 Å². The number of Topliss-reactive ketones (excluding diaryl/α,β-unsaturated/α-hetero) is 2. The van der Waals surface area contributed by atoms with Gasteiger partial charge in [-0.25, -0.2) is 0 Å². The molecule has 1 aromatic heterocycles. The first kappa shape index (κ1) is 23.8. The number of hydrogen-bond acceptors (Lipinski definition) is 9. The number of aliphatic hydroxyl groups excluding tert-OH is 2. The van der Waals surface area contributed by atoms with Gasteiger partial charge in [0.25, 0.3) is 5.91 Å². The largest absolute Gasteiger partial charge is 0.508 e. The van der Waals surface area contributed by atoms with E-state index in [1.54, 1.807) is 16.8 Å². The maximum atomic E-state index is 13.6. The Labute approximate surface area is 205 Å². The summed E-state index contributed by atoms with van der Waals surface area (Å²) in [6.45, 7) is 3.95. The highest BCUT2D eigenvalue weighted by molar-refractivity contribution is 6.24. The van der Waals surface area contributed by atoms with Crippen molar-refractivity contribution in [2.45, 2.75) is 44.4 Å². The van der Waals surface area contributed by atoms with Crippen molar-refractivity contribution in [1.82, 2.24) is 9.78 Å². The predicted octanol–water partition coefficient (Wildman–Crippen LogP) is 0.805. The molecule has 2 aromatic rings. The Balaban J connectivity index is 1.70. The molecule has 0 spiro atoms. The monoisotopic (exact) mass is 494 g/mol. The second-order valence-corrected chi connectivity index (χ2v) is 9.84. The van der Waals surface area contributed by atoms with E-state index in [1.165, 1.54) is 6.07 Å². The number of nitrogens with two attached hydrogens (primary N) is 2. The van der Waals surface area contributed by atoms with Gasteiger partial charge in [-0.15, -0.1) is 0 Å². The Kier molecular flexibility index (Phi) is 5.13. The van der Waals surface area contributed by atoms with Crippen molar-refractivity contribution in [2.24, 2.45) is 23.3 Å². The van der Waals surface area contributed by atoms with Gasteiger partial charge in [0.05, 0.1) is 17.3 Å². The summed E-state index contributed by atoms with van der Waals surface area (Å²) in [6, 6.07) is 3.48. The number of benzene rings is 1. The third-order valence-corrected chi connectivity index (χ3v) is 7.55. The molecule has 0 saturated heterocycles. The Morgan fingerprint density at radius 2 is 1.89 bits per heavy atom. The van der Waals surface area contributed by atoms with E-state index in [-0.39, 0.29) is 35.8 Å². The van der Waals surface area contributed by atoms with Crippen LogP contribution in [0.15, 0.2) is 41.3 Å². The summed E-state index contributed by atoms with van der Waals surface area (Å²) in [6.07, 6.45) is 1.92.